The number of halogens is 1. The molecule has 0 atom stereocenters. The van der Waals surface area contributed by atoms with Gasteiger partial charge in [-0.15, -0.1) is 0 Å². The van der Waals surface area contributed by atoms with Crippen LogP contribution in [0, 0.1) is 5.82 Å². The second kappa shape index (κ2) is 8.25. The van der Waals surface area contributed by atoms with Gasteiger partial charge in [0.15, 0.2) is 0 Å². The van der Waals surface area contributed by atoms with Crippen LogP contribution in [0.4, 0.5) is 4.39 Å². The summed E-state index contributed by atoms with van der Waals surface area (Å²) in [5.74, 6) is -3.23. The Morgan fingerprint density at radius 1 is 1.16 bits per heavy atom. The van der Waals surface area contributed by atoms with Crippen molar-refractivity contribution in [1.29, 1.82) is 0 Å². The molecule has 1 fully saturated rings. The number of hydrogen-bond donors (Lipinski definition) is 0. The average Bonchev–Trinajstić information content (AvgIpc) is 2.51. The third kappa shape index (κ3) is 5.39. The standard InChI is InChI=1S/C19H23FO5/c1-4-5-6-9-23-12-14-10-15(20)8-7-13(14)11-16-17(21)24-19(2,3)25-18(16)22/h7-8,10-11H,4-6,9,12H2,1-3H3. The molecule has 0 aliphatic carbocycles. The van der Waals surface area contributed by atoms with Gasteiger partial charge in [-0.1, -0.05) is 25.8 Å². The maximum Gasteiger partial charge on any atom is 0.348 e. The first-order valence-corrected chi connectivity index (χ1v) is 8.37. The van der Waals surface area contributed by atoms with Crippen LogP contribution < -0.4 is 0 Å². The molecule has 0 bridgehead atoms. The zero-order chi connectivity index (χ0) is 18.4. The van der Waals surface area contributed by atoms with Crippen LogP contribution >= 0.6 is 0 Å². The van der Waals surface area contributed by atoms with E-state index in [1.165, 1.54) is 38.1 Å². The van der Waals surface area contributed by atoms with Crippen molar-refractivity contribution < 1.29 is 28.2 Å². The van der Waals surface area contributed by atoms with Crippen LogP contribution in [-0.2, 0) is 30.4 Å². The fourth-order valence-corrected chi connectivity index (χ4v) is 2.41. The highest BCUT2D eigenvalue weighted by molar-refractivity contribution is 6.18. The van der Waals surface area contributed by atoms with Crippen LogP contribution in [0.25, 0.3) is 6.08 Å². The number of benzene rings is 1. The molecule has 1 aromatic carbocycles. The Kier molecular flexibility index (Phi) is 6.31. The van der Waals surface area contributed by atoms with Crippen LogP contribution in [-0.4, -0.2) is 24.3 Å². The lowest BCUT2D eigenvalue weighted by Gasteiger charge is -2.29. The number of carbonyl (C=O) groups is 2. The molecule has 5 nitrogen and oxygen atoms in total. The molecular weight excluding hydrogens is 327 g/mol. The van der Waals surface area contributed by atoms with Crippen LogP contribution in [0.5, 0.6) is 0 Å². The smallest absolute Gasteiger partial charge is 0.348 e. The molecule has 1 saturated heterocycles. The highest BCUT2D eigenvalue weighted by atomic mass is 19.1. The van der Waals surface area contributed by atoms with Gasteiger partial charge in [0.25, 0.3) is 5.79 Å². The van der Waals surface area contributed by atoms with Gasteiger partial charge in [-0.2, -0.15) is 0 Å². The Bertz CT molecular complexity index is 656. The van der Waals surface area contributed by atoms with Crippen molar-refractivity contribution in [2.24, 2.45) is 0 Å². The summed E-state index contributed by atoms with van der Waals surface area (Å²) in [5.41, 5.74) is 0.841. The SMILES string of the molecule is CCCCCOCc1cc(F)ccc1C=C1C(=O)OC(C)(C)OC1=O. The normalized spacial score (nSPS) is 16.4. The molecule has 6 heteroatoms. The summed E-state index contributed by atoms with van der Waals surface area (Å²) in [4.78, 5) is 24.1. The number of carbonyl (C=O) groups excluding carboxylic acids is 2. The minimum Gasteiger partial charge on any atom is -0.419 e. The van der Waals surface area contributed by atoms with Crippen LogP contribution in [0.3, 0.4) is 0 Å². The lowest BCUT2D eigenvalue weighted by molar-refractivity contribution is -0.222. The summed E-state index contributed by atoms with van der Waals surface area (Å²) in [6.45, 7) is 5.81. The Balaban J connectivity index is 2.18. The molecule has 25 heavy (non-hydrogen) atoms. The van der Waals surface area contributed by atoms with Gasteiger partial charge in [0.2, 0.25) is 0 Å². The van der Waals surface area contributed by atoms with Gasteiger partial charge in [-0.3, -0.25) is 0 Å². The van der Waals surface area contributed by atoms with Gasteiger partial charge < -0.3 is 14.2 Å². The van der Waals surface area contributed by atoms with Crippen molar-refractivity contribution in [2.45, 2.75) is 52.4 Å². The van der Waals surface area contributed by atoms with Crippen molar-refractivity contribution >= 4 is 18.0 Å². The molecule has 0 radical (unpaired) electrons. The fraction of sp³-hybridized carbons (Fsp3) is 0.474. The lowest BCUT2D eigenvalue weighted by Crippen LogP contribution is -2.41. The third-order valence-electron chi connectivity index (χ3n) is 3.67. The van der Waals surface area contributed by atoms with Gasteiger partial charge in [0, 0.05) is 20.5 Å². The average molecular weight is 350 g/mol. The Morgan fingerprint density at radius 2 is 1.84 bits per heavy atom. The van der Waals surface area contributed by atoms with Gasteiger partial charge >= 0.3 is 11.9 Å². The summed E-state index contributed by atoms with van der Waals surface area (Å²) in [6.07, 6.45) is 4.43. The van der Waals surface area contributed by atoms with Crippen molar-refractivity contribution in [3.05, 3.63) is 40.7 Å². The van der Waals surface area contributed by atoms with E-state index in [4.69, 9.17) is 14.2 Å². The molecule has 0 unspecified atom stereocenters. The molecule has 0 aromatic heterocycles. The highest BCUT2D eigenvalue weighted by Gasteiger charge is 2.38. The quantitative estimate of drug-likeness (QED) is 0.324. The topological polar surface area (TPSA) is 61.8 Å². The third-order valence-corrected chi connectivity index (χ3v) is 3.67. The Hall–Kier alpha value is -2.21. The molecule has 1 aliphatic rings. The first-order valence-electron chi connectivity index (χ1n) is 8.37. The van der Waals surface area contributed by atoms with E-state index in [1.807, 2.05) is 0 Å². The number of esters is 2. The molecule has 2 rings (SSSR count). The summed E-state index contributed by atoms with van der Waals surface area (Å²) < 4.78 is 29.2. The molecule has 0 amide bonds. The van der Waals surface area contributed by atoms with E-state index in [9.17, 15) is 14.0 Å². The van der Waals surface area contributed by atoms with Crippen molar-refractivity contribution in [3.8, 4) is 0 Å². The van der Waals surface area contributed by atoms with Gasteiger partial charge in [-0.05, 0) is 35.8 Å². The minimum absolute atomic E-state index is 0.191. The predicted molar refractivity (Wildman–Crippen MR) is 89.8 cm³/mol. The number of cyclic esters (lactones) is 2. The van der Waals surface area contributed by atoms with Crippen LogP contribution in [0.2, 0.25) is 0 Å². The second-order valence-electron chi connectivity index (χ2n) is 6.34. The monoisotopic (exact) mass is 350 g/mol. The number of rotatable bonds is 7. The highest BCUT2D eigenvalue weighted by Crippen LogP contribution is 2.25. The Morgan fingerprint density at radius 3 is 2.48 bits per heavy atom. The first kappa shape index (κ1) is 19.1. The summed E-state index contributed by atoms with van der Waals surface area (Å²) in [6, 6.07) is 4.08. The van der Waals surface area contributed by atoms with E-state index in [2.05, 4.69) is 6.92 Å². The second-order valence-corrected chi connectivity index (χ2v) is 6.34. The van der Waals surface area contributed by atoms with Gasteiger partial charge in [0.1, 0.15) is 11.4 Å². The number of unbranched alkanes of at least 4 members (excludes halogenated alkanes) is 2. The van der Waals surface area contributed by atoms with Crippen molar-refractivity contribution in [2.75, 3.05) is 6.61 Å². The predicted octanol–water partition coefficient (Wildman–Crippen LogP) is 3.75. The molecule has 0 N–H and O–H groups in total. The molecular formula is C19H23FO5. The summed E-state index contributed by atoms with van der Waals surface area (Å²) >= 11 is 0. The van der Waals surface area contributed by atoms with E-state index in [1.54, 1.807) is 0 Å². The summed E-state index contributed by atoms with van der Waals surface area (Å²) in [7, 11) is 0. The fourth-order valence-electron chi connectivity index (χ4n) is 2.41. The van der Waals surface area contributed by atoms with Gasteiger partial charge in [-0.25, -0.2) is 14.0 Å². The molecule has 0 spiro atoms. The van der Waals surface area contributed by atoms with Crippen molar-refractivity contribution in [1.82, 2.24) is 0 Å². The molecule has 136 valence electrons. The van der Waals surface area contributed by atoms with E-state index < -0.39 is 23.5 Å². The van der Waals surface area contributed by atoms with Crippen LogP contribution in [0.1, 0.15) is 51.2 Å². The number of hydrogen-bond acceptors (Lipinski definition) is 5. The lowest BCUT2D eigenvalue weighted by atomic mass is 10.0. The molecule has 1 heterocycles. The largest absolute Gasteiger partial charge is 0.419 e. The number of ether oxygens (including phenoxy) is 3. The first-order chi connectivity index (χ1) is 11.8. The van der Waals surface area contributed by atoms with Crippen LogP contribution in [0.15, 0.2) is 23.8 Å². The molecule has 1 aliphatic heterocycles. The van der Waals surface area contributed by atoms with Gasteiger partial charge in [0.05, 0.1) is 6.61 Å². The maximum absolute atomic E-state index is 13.6. The van der Waals surface area contributed by atoms with E-state index in [0.717, 1.165) is 19.3 Å². The van der Waals surface area contributed by atoms with E-state index >= 15 is 0 Å². The van der Waals surface area contributed by atoms with E-state index in [0.29, 0.717) is 17.7 Å². The zero-order valence-corrected chi connectivity index (χ0v) is 14.8. The molecule has 1 aromatic rings. The maximum atomic E-state index is 13.6. The molecule has 0 saturated carbocycles. The minimum atomic E-state index is -1.29. The Labute approximate surface area is 146 Å². The zero-order valence-electron chi connectivity index (χ0n) is 14.8. The van der Waals surface area contributed by atoms with Crippen molar-refractivity contribution in [3.63, 3.8) is 0 Å². The summed E-state index contributed by atoms with van der Waals surface area (Å²) in [5, 5.41) is 0. The van der Waals surface area contributed by atoms with E-state index in [-0.39, 0.29) is 12.2 Å².